The van der Waals surface area contributed by atoms with Gasteiger partial charge in [-0.2, -0.15) is 0 Å². The van der Waals surface area contributed by atoms with Crippen molar-refractivity contribution < 1.29 is 28.3 Å². The highest BCUT2D eigenvalue weighted by molar-refractivity contribution is 6.00. The van der Waals surface area contributed by atoms with Crippen LogP contribution in [0.4, 0.5) is 14.9 Å². The fourth-order valence-corrected chi connectivity index (χ4v) is 5.43. The first-order valence-corrected chi connectivity index (χ1v) is 13.9. The molecule has 0 bridgehead atoms. The third-order valence-corrected chi connectivity index (χ3v) is 7.46. The molecule has 0 radical (unpaired) electrons. The Balaban J connectivity index is 1.21. The first kappa shape index (κ1) is 28.8. The Kier molecular flexibility index (Phi) is 9.09. The molecule has 3 aliphatic rings. The zero-order valence-electron chi connectivity index (χ0n) is 23.1. The van der Waals surface area contributed by atoms with E-state index in [2.05, 4.69) is 15.5 Å². The first-order chi connectivity index (χ1) is 18.5. The van der Waals surface area contributed by atoms with Crippen molar-refractivity contribution in [3.63, 3.8) is 0 Å². The van der Waals surface area contributed by atoms with Crippen molar-refractivity contribution in [1.29, 1.82) is 0 Å². The molecule has 2 atom stereocenters. The number of halogens is 1. The Labute approximate surface area is 229 Å². The molecule has 0 spiro atoms. The second-order valence-corrected chi connectivity index (χ2v) is 11.6. The van der Waals surface area contributed by atoms with Crippen LogP contribution in [-0.4, -0.2) is 91.1 Å². The third-order valence-electron chi connectivity index (χ3n) is 7.46. The Hall–Kier alpha value is -3.21. The van der Waals surface area contributed by atoms with E-state index < -0.39 is 17.6 Å². The van der Waals surface area contributed by atoms with E-state index in [0.717, 1.165) is 12.8 Å². The third kappa shape index (κ3) is 7.90. The van der Waals surface area contributed by atoms with E-state index in [1.807, 2.05) is 30.6 Å². The van der Waals surface area contributed by atoms with E-state index in [1.165, 1.54) is 6.07 Å². The van der Waals surface area contributed by atoms with E-state index in [0.29, 0.717) is 69.9 Å². The monoisotopic (exact) mass is 545 g/mol. The quantitative estimate of drug-likeness (QED) is 0.528. The summed E-state index contributed by atoms with van der Waals surface area (Å²) in [6, 6.07) is 4.78. The maximum Gasteiger partial charge on any atom is 0.407 e. The molecule has 0 saturated carbocycles. The van der Waals surface area contributed by atoms with Gasteiger partial charge >= 0.3 is 6.09 Å². The number of hydrogen-bond donors (Lipinski definition) is 2. The number of nitrogens with zero attached hydrogens (tertiary/aromatic N) is 3. The van der Waals surface area contributed by atoms with Gasteiger partial charge in [0.1, 0.15) is 11.4 Å². The van der Waals surface area contributed by atoms with E-state index in [1.54, 1.807) is 12.1 Å². The molecule has 4 rings (SSSR count). The number of piperidine rings is 2. The van der Waals surface area contributed by atoms with Gasteiger partial charge in [-0.25, -0.2) is 9.18 Å². The minimum Gasteiger partial charge on any atom is -0.444 e. The number of amides is 4. The van der Waals surface area contributed by atoms with Gasteiger partial charge in [-0.15, -0.1) is 0 Å². The summed E-state index contributed by atoms with van der Waals surface area (Å²) in [7, 11) is 0. The molecular weight excluding hydrogens is 505 g/mol. The molecule has 2 unspecified atom stereocenters. The maximum atomic E-state index is 15.0. The number of hydrogen-bond acceptors (Lipinski definition) is 7. The van der Waals surface area contributed by atoms with Crippen LogP contribution in [0.15, 0.2) is 18.2 Å². The van der Waals surface area contributed by atoms with Crippen LogP contribution >= 0.6 is 0 Å². The number of carbonyl (C=O) groups excluding carboxylic acids is 4. The number of ether oxygens (including phenoxy) is 1. The van der Waals surface area contributed by atoms with E-state index in [-0.39, 0.29) is 36.0 Å². The van der Waals surface area contributed by atoms with Gasteiger partial charge in [-0.05, 0) is 57.7 Å². The first-order valence-electron chi connectivity index (χ1n) is 13.9. The number of anilines is 1. The van der Waals surface area contributed by atoms with Crippen molar-refractivity contribution in [3.05, 3.63) is 29.6 Å². The number of imide groups is 1. The lowest BCUT2D eigenvalue weighted by molar-refractivity contribution is -0.134. The molecule has 3 saturated heterocycles. The minimum atomic E-state index is -0.566. The number of rotatable bonds is 6. The second-order valence-electron chi connectivity index (χ2n) is 11.6. The van der Waals surface area contributed by atoms with Crippen molar-refractivity contribution in [2.45, 2.75) is 70.4 Å². The average Bonchev–Trinajstić information content (AvgIpc) is 2.86. The van der Waals surface area contributed by atoms with Crippen molar-refractivity contribution >= 4 is 29.5 Å². The molecule has 0 aliphatic carbocycles. The molecule has 1 aromatic rings. The summed E-state index contributed by atoms with van der Waals surface area (Å²) in [6.45, 7) is 9.95. The van der Waals surface area contributed by atoms with E-state index in [4.69, 9.17) is 4.74 Å². The average molecular weight is 546 g/mol. The molecule has 3 aliphatic heterocycles. The van der Waals surface area contributed by atoms with Crippen molar-refractivity contribution in [1.82, 2.24) is 20.4 Å². The molecule has 0 aromatic heterocycles. The molecule has 11 heteroatoms. The predicted molar refractivity (Wildman–Crippen MR) is 144 cm³/mol. The summed E-state index contributed by atoms with van der Waals surface area (Å²) in [4.78, 5) is 54.5. The number of benzene rings is 1. The van der Waals surface area contributed by atoms with Crippen LogP contribution < -0.4 is 15.5 Å². The van der Waals surface area contributed by atoms with Crippen LogP contribution in [0.1, 0.15) is 64.4 Å². The van der Waals surface area contributed by atoms with Crippen LogP contribution in [0.3, 0.4) is 0 Å². The fraction of sp³-hybridized carbons (Fsp3) is 0.643. The fourth-order valence-electron chi connectivity index (χ4n) is 5.43. The molecule has 2 N–H and O–H groups in total. The Bertz CT molecular complexity index is 1080. The summed E-state index contributed by atoms with van der Waals surface area (Å²) in [6.07, 6.45) is 2.23. The SMILES string of the molecule is CC(C)(C)OC(=O)NC1CCCN(C(=O)CCN2CCN(c3ccc(C4CCC(=O)NC4=O)cc3F)CC2)C1. The molecule has 3 heterocycles. The predicted octanol–water partition coefficient (Wildman–Crippen LogP) is 2.37. The van der Waals surface area contributed by atoms with Gasteiger partial charge in [0.2, 0.25) is 17.7 Å². The van der Waals surface area contributed by atoms with Crippen LogP contribution in [-0.2, 0) is 19.1 Å². The Morgan fingerprint density at radius 2 is 1.85 bits per heavy atom. The molecule has 10 nitrogen and oxygen atoms in total. The highest BCUT2D eigenvalue weighted by Crippen LogP contribution is 2.29. The number of nitrogens with one attached hydrogen (secondary N) is 2. The summed E-state index contributed by atoms with van der Waals surface area (Å²) in [5.41, 5.74) is 0.516. The van der Waals surface area contributed by atoms with Crippen molar-refractivity contribution in [2.75, 3.05) is 50.7 Å². The van der Waals surface area contributed by atoms with Gasteiger partial charge in [0, 0.05) is 64.7 Å². The van der Waals surface area contributed by atoms with Crippen LogP contribution in [0, 0.1) is 5.82 Å². The number of piperazine rings is 1. The molecule has 1 aromatic carbocycles. The molecule has 214 valence electrons. The standard InChI is InChI=1S/C28H40FN5O5/c1-28(2,3)39-27(38)30-20-5-4-11-34(18-20)25(36)10-12-32-13-15-33(16-14-32)23-8-6-19(17-22(23)29)21-7-9-24(35)31-26(21)37/h6,8,17,20-21H,4-5,7,9-16,18H2,1-3H3,(H,30,38)(H,31,35,37). The van der Waals surface area contributed by atoms with Gasteiger partial charge in [0.05, 0.1) is 11.6 Å². The topological polar surface area (TPSA) is 111 Å². The highest BCUT2D eigenvalue weighted by atomic mass is 19.1. The lowest BCUT2D eigenvalue weighted by Crippen LogP contribution is -2.51. The zero-order valence-corrected chi connectivity index (χ0v) is 23.1. The van der Waals surface area contributed by atoms with Gasteiger partial charge in [0.25, 0.3) is 0 Å². The Morgan fingerprint density at radius 3 is 2.51 bits per heavy atom. The lowest BCUT2D eigenvalue weighted by Gasteiger charge is -2.37. The molecule has 4 amide bonds. The normalized spacial score (nSPS) is 22.9. The second kappa shape index (κ2) is 12.3. The zero-order chi connectivity index (χ0) is 28.2. The van der Waals surface area contributed by atoms with Crippen LogP contribution in [0.2, 0.25) is 0 Å². The lowest BCUT2D eigenvalue weighted by atomic mass is 9.90. The van der Waals surface area contributed by atoms with E-state index in [9.17, 15) is 19.2 Å². The number of carbonyl (C=O) groups is 4. The maximum absolute atomic E-state index is 15.0. The number of alkyl carbamates (subject to hydrolysis) is 1. The minimum absolute atomic E-state index is 0.0724. The Morgan fingerprint density at radius 1 is 1.10 bits per heavy atom. The van der Waals surface area contributed by atoms with Crippen LogP contribution in [0.25, 0.3) is 0 Å². The van der Waals surface area contributed by atoms with Gasteiger partial charge < -0.3 is 19.9 Å². The largest absolute Gasteiger partial charge is 0.444 e. The summed E-state index contributed by atoms with van der Waals surface area (Å²) >= 11 is 0. The smallest absolute Gasteiger partial charge is 0.407 e. The van der Waals surface area contributed by atoms with Crippen molar-refractivity contribution in [2.24, 2.45) is 0 Å². The van der Waals surface area contributed by atoms with E-state index >= 15 is 4.39 Å². The molecule has 39 heavy (non-hydrogen) atoms. The van der Waals surface area contributed by atoms with Crippen molar-refractivity contribution in [3.8, 4) is 0 Å². The van der Waals surface area contributed by atoms with Gasteiger partial charge in [0.15, 0.2) is 0 Å². The molecule has 3 fully saturated rings. The summed E-state index contributed by atoms with van der Waals surface area (Å²) in [5.74, 6) is -1.48. The molecular formula is C28H40FN5O5. The van der Waals surface area contributed by atoms with Crippen LogP contribution in [0.5, 0.6) is 0 Å². The highest BCUT2D eigenvalue weighted by Gasteiger charge is 2.30. The van der Waals surface area contributed by atoms with Gasteiger partial charge in [-0.1, -0.05) is 6.07 Å². The summed E-state index contributed by atoms with van der Waals surface area (Å²) in [5, 5.41) is 5.20. The summed E-state index contributed by atoms with van der Waals surface area (Å²) < 4.78 is 20.3. The number of likely N-dealkylation sites (tertiary alicyclic amines) is 1. The van der Waals surface area contributed by atoms with Gasteiger partial charge in [-0.3, -0.25) is 24.6 Å².